The minimum absolute atomic E-state index is 0.125. The van der Waals surface area contributed by atoms with Crippen LogP contribution in [0.3, 0.4) is 0 Å². The van der Waals surface area contributed by atoms with E-state index in [2.05, 4.69) is 35.3 Å². The maximum Gasteiger partial charge on any atom is 0.287 e. The maximum atomic E-state index is 13.1. The zero-order valence-electron chi connectivity index (χ0n) is 17.9. The molecule has 4 nitrogen and oxygen atoms in total. The first-order valence-corrected chi connectivity index (χ1v) is 11.1. The van der Waals surface area contributed by atoms with Gasteiger partial charge in [-0.3, -0.25) is 9.69 Å². The first kappa shape index (κ1) is 21.0. The fraction of sp³-hybridized carbons (Fsp3) is 0.400. The van der Waals surface area contributed by atoms with Gasteiger partial charge in [0.25, 0.3) is 5.91 Å². The Morgan fingerprint density at radius 2 is 1.73 bits per heavy atom. The molecular weight excluding hydrogens is 396 g/mol. The average molecular weight is 425 g/mol. The molecule has 30 heavy (non-hydrogen) atoms. The molecule has 1 fully saturated rings. The monoisotopic (exact) mass is 424 g/mol. The second-order valence-corrected chi connectivity index (χ2v) is 8.75. The van der Waals surface area contributed by atoms with E-state index >= 15 is 0 Å². The zero-order valence-corrected chi connectivity index (χ0v) is 18.7. The van der Waals surface area contributed by atoms with E-state index in [1.165, 1.54) is 24.8 Å². The van der Waals surface area contributed by atoms with Crippen LogP contribution in [0.2, 0.25) is 5.02 Å². The molecule has 0 bridgehead atoms. The van der Waals surface area contributed by atoms with Crippen molar-refractivity contribution in [3.05, 3.63) is 69.4 Å². The number of piperidine rings is 1. The van der Waals surface area contributed by atoms with Crippen LogP contribution in [-0.4, -0.2) is 30.4 Å². The summed E-state index contributed by atoms with van der Waals surface area (Å²) < 4.78 is 6.03. The van der Waals surface area contributed by atoms with Gasteiger partial charge in [0.2, 0.25) is 0 Å². The highest BCUT2D eigenvalue weighted by Crippen LogP contribution is 2.30. The Kier molecular flexibility index (Phi) is 6.16. The summed E-state index contributed by atoms with van der Waals surface area (Å²) in [6, 6.07) is 12.2. The van der Waals surface area contributed by atoms with Gasteiger partial charge in [-0.25, -0.2) is 0 Å². The summed E-state index contributed by atoms with van der Waals surface area (Å²) in [6.07, 6.45) is 3.66. The van der Waals surface area contributed by atoms with Crippen LogP contribution < -0.4 is 5.32 Å². The number of hydrogen-bond donors (Lipinski definition) is 1. The van der Waals surface area contributed by atoms with Crippen molar-refractivity contribution in [2.75, 3.05) is 19.6 Å². The summed E-state index contributed by atoms with van der Waals surface area (Å²) in [5.74, 6) is 0.254. The predicted molar refractivity (Wildman–Crippen MR) is 122 cm³/mol. The largest absolute Gasteiger partial charge is 0.450 e. The minimum atomic E-state index is -0.156. The maximum absolute atomic E-state index is 13.1. The second-order valence-electron chi connectivity index (χ2n) is 8.31. The Labute approximate surface area is 183 Å². The number of fused-ring (bicyclic) bond motifs is 1. The third-order valence-corrected chi connectivity index (χ3v) is 6.63. The number of amides is 1. The van der Waals surface area contributed by atoms with E-state index in [9.17, 15) is 4.79 Å². The van der Waals surface area contributed by atoms with E-state index in [0.717, 1.165) is 45.8 Å². The molecule has 0 aliphatic carbocycles. The molecule has 1 amide bonds. The van der Waals surface area contributed by atoms with Crippen molar-refractivity contribution in [1.29, 1.82) is 0 Å². The fourth-order valence-corrected chi connectivity index (χ4v) is 4.50. The molecule has 1 atom stereocenters. The van der Waals surface area contributed by atoms with Crippen molar-refractivity contribution in [2.45, 2.75) is 46.1 Å². The molecule has 1 aliphatic rings. The highest BCUT2D eigenvalue weighted by atomic mass is 35.5. The molecule has 1 saturated heterocycles. The highest BCUT2D eigenvalue weighted by molar-refractivity contribution is 6.30. The molecule has 5 heteroatoms. The molecule has 0 unspecified atom stereocenters. The Morgan fingerprint density at radius 3 is 2.43 bits per heavy atom. The molecule has 0 saturated carbocycles. The van der Waals surface area contributed by atoms with Gasteiger partial charge in [-0.2, -0.15) is 0 Å². The normalized spacial score (nSPS) is 16.0. The standard InChI is InChI=1S/C25H29ClN2O2/c1-16-7-12-21-18(3)24(30-23(21)17(16)2)25(29)27-15-22(28-13-5-4-6-14-28)19-8-10-20(26)11-9-19/h7-12,22H,4-6,13-15H2,1-3H3,(H,27,29)/t22-/m1/s1. The fourth-order valence-electron chi connectivity index (χ4n) is 4.38. The lowest BCUT2D eigenvalue weighted by molar-refractivity contribution is 0.0898. The molecule has 2 heterocycles. The van der Waals surface area contributed by atoms with Crippen LogP contribution in [0.15, 0.2) is 40.8 Å². The van der Waals surface area contributed by atoms with Crippen molar-refractivity contribution < 1.29 is 9.21 Å². The molecule has 1 N–H and O–H groups in total. The quantitative estimate of drug-likeness (QED) is 0.548. The van der Waals surface area contributed by atoms with E-state index in [-0.39, 0.29) is 11.9 Å². The van der Waals surface area contributed by atoms with Crippen molar-refractivity contribution in [1.82, 2.24) is 10.2 Å². The molecular formula is C25H29ClN2O2. The van der Waals surface area contributed by atoms with Crippen LogP contribution in [0.4, 0.5) is 0 Å². The Hall–Kier alpha value is -2.30. The number of aryl methyl sites for hydroxylation is 3. The van der Waals surface area contributed by atoms with Crippen molar-refractivity contribution in [3.63, 3.8) is 0 Å². The summed E-state index contributed by atoms with van der Waals surface area (Å²) in [5, 5.41) is 4.87. The average Bonchev–Trinajstić information content (AvgIpc) is 3.10. The van der Waals surface area contributed by atoms with Gasteiger partial charge in [-0.15, -0.1) is 0 Å². The van der Waals surface area contributed by atoms with E-state index in [1.54, 1.807) is 0 Å². The molecule has 1 aromatic heterocycles. The zero-order chi connectivity index (χ0) is 21.3. The molecule has 4 rings (SSSR count). The topological polar surface area (TPSA) is 45.5 Å². The van der Waals surface area contributed by atoms with E-state index in [1.807, 2.05) is 32.0 Å². The van der Waals surface area contributed by atoms with Gasteiger partial charge in [0.05, 0.1) is 6.04 Å². The first-order chi connectivity index (χ1) is 14.5. The SMILES string of the molecule is Cc1ccc2c(C)c(C(=O)NC[C@H](c3ccc(Cl)cc3)N3CCCCC3)oc2c1C. The molecule has 1 aliphatic heterocycles. The number of hydrogen-bond acceptors (Lipinski definition) is 3. The smallest absolute Gasteiger partial charge is 0.287 e. The van der Waals surface area contributed by atoms with Crippen LogP contribution >= 0.6 is 11.6 Å². The number of rotatable bonds is 5. The summed E-state index contributed by atoms with van der Waals surface area (Å²) in [6.45, 7) is 8.68. The van der Waals surface area contributed by atoms with E-state index in [4.69, 9.17) is 16.0 Å². The van der Waals surface area contributed by atoms with E-state index in [0.29, 0.717) is 12.3 Å². The van der Waals surface area contributed by atoms with Crippen molar-refractivity contribution in [3.8, 4) is 0 Å². The number of halogens is 1. The number of carbonyl (C=O) groups excluding carboxylic acids is 1. The van der Waals surface area contributed by atoms with Crippen molar-refractivity contribution >= 4 is 28.5 Å². The third-order valence-electron chi connectivity index (χ3n) is 6.37. The van der Waals surface area contributed by atoms with Gasteiger partial charge in [0.15, 0.2) is 5.76 Å². The van der Waals surface area contributed by atoms with Gasteiger partial charge in [-0.05, 0) is 75.5 Å². The molecule has 3 aromatic rings. The number of benzene rings is 2. The Morgan fingerprint density at radius 1 is 1.03 bits per heavy atom. The predicted octanol–water partition coefficient (Wildman–Crippen LogP) is 5.97. The highest BCUT2D eigenvalue weighted by Gasteiger charge is 2.25. The number of carbonyl (C=O) groups is 1. The van der Waals surface area contributed by atoms with Crippen LogP contribution in [0, 0.1) is 20.8 Å². The molecule has 0 radical (unpaired) electrons. The second kappa shape index (κ2) is 8.83. The number of nitrogens with one attached hydrogen (secondary N) is 1. The lowest BCUT2D eigenvalue weighted by Crippen LogP contribution is -2.40. The number of likely N-dealkylation sites (tertiary alicyclic amines) is 1. The third kappa shape index (κ3) is 4.12. The van der Waals surface area contributed by atoms with Gasteiger partial charge in [-0.1, -0.05) is 42.3 Å². The summed E-state index contributed by atoms with van der Waals surface area (Å²) in [5.41, 5.74) is 5.13. The van der Waals surface area contributed by atoms with Gasteiger partial charge in [0.1, 0.15) is 5.58 Å². The van der Waals surface area contributed by atoms with Gasteiger partial charge in [0, 0.05) is 22.5 Å². The van der Waals surface area contributed by atoms with Gasteiger partial charge >= 0.3 is 0 Å². The van der Waals surface area contributed by atoms with E-state index < -0.39 is 0 Å². The lowest BCUT2D eigenvalue weighted by atomic mass is 10.0. The van der Waals surface area contributed by atoms with Crippen LogP contribution in [0.25, 0.3) is 11.0 Å². The number of furan rings is 1. The van der Waals surface area contributed by atoms with Crippen molar-refractivity contribution in [2.24, 2.45) is 0 Å². The van der Waals surface area contributed by atoms with Gasteiger partial charge < -0.3 is 9.73 Å². The van der Waals surface area contributed by atoms with Crippen LogP contribution in [0.1, 0.15) is 58.1 Å². The molecule has 2 aromatic carbocycles. The summed E-state index contributed by atoms with van der Waals surface area (Å²) in [4.78, 5) is 15.5. The van der Waals surface area contributed by atoms with Crippen LogP contribution in [-0.2, 0) is 0 Å². The summed E-state index contributed by atoms with van der Waals surface area (Å²) in [7, 11) is 0. The number of nitrogens with zero attached hydrogens (tertiary/aromatic N) is 1. The molecule has 158 valence electrons. The first-order valence-electron chi connectivity index (χ1n) is 10.7. The Balaban J connectivity index is 1.56. The Bertz CT molecular complexity index is 1050. The molecule has 0 spiro atoms. The minimum Gasteiger partial charge on any atom is -0.450 e. The summed E-state index contributed by atoms with van der Waals surface area (Å²) >= 11 is 6.09. The lowest BCUT2D eigenvalue weighted by Gasteiger charge is -2.35. The van der Waals surface area contributed by atoms with Crippen LogP contribution in [0.5, 0.6) is 0 Å².